The van der Waals surface area contributed by atoms with E-state index in [9.17, 15) is 4.79 Å². The number of hydrogen-bond acceptors (Lipinski definition) is 3. The third-order valence-corrected chi connectivity index (χ3v) is 3.89. The average molecular weight is 230 g/mol. The summed E-state index contributed by atoms with van der Waals surface area (Å²) in [5.41, 5.74) is 0.739. The fourth-order valence-corrected chi connectivity index (χ4v) is 3.21. The molecule has 0 amide bonds. The Balaban J connectivity index is 2.63. The first kappa shape index (κ1) is 12.1. The molecule has 17 heavy (non-hydrogen) atoms. The number of likely N-dealkylation sites (N-methyl/N-ethyl adjacent to an activating group) is 1. The number of hydrogen-bond donors (Lipinski definition) is 0. The summed E-state index contributed by atoms with van der Waals surface area (Å²) in [5, 5.41) is 9.09. The molecule has 1 aliphatic heterocycles. The standard InChI is InChI=1S/C14H18N2O/c1-13(2)11-5-6-16(4)9-14(11,3)7-10(8-15)12(13)17/h5,7H,6,9H2,1-4H3/t14-/m1/s1. The zero-order valence-electron chi connectivity index (χ0n) is 10.9. The number of allylic oxidation sites excluding steroid dienone is 1. The molecule has 0 aromatic carbocycles. The van der Waals surface area contributed by atoms with Crippen molar-refractivity contribution in [3.63, 3.8) is 0 Å². The summed E-state index contributed by atoms with van der Waals surface area (Å²) in [6.07, 6.45) is 3.99. The Morgan fingerprint density at radius 2 is 2.06 bits per heavy atom. The number of Topliss-reactive ketones (excluding diaryl/α,β-unsaturated/α-hetero) is 1. The highest BCUT2D eigenvalue weighted by Gasteiger charge is 2.48. The fraction of sp³-hybridized carbons (Fsp3) is 0.571. The van der Waals surface area contributed by atoms with E-state index in [0.29, 0.717) is 5.57 Å². The van der Waals surface area contributed by atoms with Crippen LogP contribution < -0.4 is 0 Å². The molecule has 3 nitrogen and oxygen atoms in total. The van der Waals surface area contributed by atoms with Crippen LogP contribution in [-0.4, -0.2) is 30.8 Å². The molecule has 2 rings (SSSR count). The maximum Gasteiger partial charge on any atom is 0.182 e. The summed E-state index contributed by atoms with van der Waals surface area (Å²) < 4.78 is 0. The molecule has 0 saturated carbocycles. The molecule has 0 fully saturated rings. The normalized spacial score (nSPS) is 32.3. The van der Waals surface area contributed by atoms with E-state index in [-0.39, 0.29) is 11.2 Å². The van der Waals surface area contributed by atoms with Crippen LogP contribution in [0.15, 0.2) is 23.3 Å². The number of rotatable bonds is 0. The molecule has 0 N–H and O–H groups in total. The van der Waals surface area contributed by atoms with Gasteiger partial charge in [-0.25, -0.2) is 0 Å². The highest BCUT2D eigenvalue weighted by atomic mass is 16.1. The van der Waals surface area contributed by atoms with Gasteiger partial charge in [-0.1, -0.05) is 19.1 Å². The minimum absolute atomic E-state index is 0.0479. The summed E-state index contributed by atoms with van der Waals surface area (Å²) in [5.74, 6) is -0.0479. The van der Waals surface area contributed by atoms with Crippen LogP contribution in [0.1, 0.15) is 20.8 Å². The van der Waals surface area contributed by atoms with Gasteiger partial charge in [0.05, 0.1) is 11.0 Å². The molecule has 2 aliphatic rings. The first-order valence-electron chi connectivity index (χ1n) is 5.89. The van der Waals surface area contributed by atoms with Gasteiger partial charge in [0.2, 0.25) is 0 Å². The minimum Gasteiger partial charge on any atom is -0.302 e. The van der Waals surface area contributed by atoms with Crippen molar-refractivity contribution in [2.24, 2.45) is 10.8 Å². The maximum atomic E-state index is 12.2. The Labute approximate surface area is 102 Å². The SMILES string of the molecule is CN1CC=C2C(C)(C)C(=O)C(C#N)=C[C@]2(C)C1. The number of ketones is 1. The van der Waals surface area contributed by atoms with E-state index >= 15 is 0 Å². The minimum atomic E-state index is -0.546. The number of carbonyl (C=O) groups excluding carboxylic acids is 1. The zero-order valence-corrected chi connectivity index (χ0v) is 10.9. The van der Waals surface area contributed by atoms with Crippen molar-refractivity contribution in [1.29, 1.82) is 5.26 Å². The molecular weight excluding hydrogens is 212 g/mol. The van der Waals surface area contributed by atoms with E-state index in [1.807, 2.05) is 26.0 Å². The van der Waals surface area contributed by atoms with Crippen molar-refractivity contribution in [2.75, 3.05) is 20.1 Å². The molecule has 90 valence electrons. The second kappa shape index (κ2) is 3.54. The van der Waals surface area contributed by atoms with Gasteiger partial charge < -0.3 is 4.90 Å². The molecule has 0 unspecified atom stereocenters. The van der Waals surface area contributed by atoms with Gasteiger partial charge >= 0.3 is 0 Å². The Morgan fingerprint density at radius 1 is 1.41 bits per heavy atom. The summed E-state index contributed by atoms with van der Waals surface area (Å²) in [6, 6.07) is 2.05. The Morgan fingerprint density at radius 3 is 2.65 bits per heavy atom. The van der Waals surface area contributed by atoms with Crippen LogP contribution in [0.2, 0.25) is 0 Å². The van der Waals surface area contributed by atoms with Gasteiger partial charge in [0.1, 0.15) is 6.07 Å². The van der Waals surface area contributed by atoms with E-state index in [0.717, 1.165) is 18.7 Å². The smallest absolute Gasteiger partial charge is 0.182 e. The highest BCUT2D eigenvalue weighted by Crippen LogP contribution is 2.49. The highest BCUT2D eigenvalue weighted by molar-refractivity contribution is 6.06. The summed E-state index contributed by atoms with van der Waals surface area (Å²) in [6.45, 7) is 7.70. The number of fused-ring (bicyclic) bond motifs is 1. The molecule has 0 spiro atoms. The lowest BCUT2D eigenvalue weighted by atomic mass is 9.60. The summed E-state index contributed by atoms with van der Waals surface area (Å²) in [4.78, 5) is 14.4. The van der Waals surface area contributed by atoms with Gasteiger partial charge in [-0.3, -0.25) is 4.79 Å². The zero-order chi connectivity index (χ0) is 12.8. The summed E-state index contributed by atoms with van der Waals surface area (Å²) >= 11 is 0. The lowest BCUT2D eigenvalue weighted by molar-refractivity contribution is -0.122. The molecule has 0 radical (unpaired) electrons. The predicted molar refractivity (Wildman–Crippen MR) is 66.2 cm³/mol. The third kappa shape index (κ3) is 1.64. The molecule has 1 heterocycles. The van der Waals surface area contributed by atoms with Gasteiger partial charge in [0.25, 0.3) is 0 Å². The molecule has 3 heteroatoms. The van der Waals surface area contributed by atoms with Crippen LogP contribution in [0.3, 0.4) is 0 Å². The van der Waals surface area contributed by atoms with Crippen molar-refractivity contribution in [2.45, 2.75) is 20.8 Å². The van der Waals surface area contributed by atoms with Crippen LogP contribution in [-0.2, 0) is 4.79 Å². The second-order valence-electron chi connectivity index (χ2n) is 5.86. The topological polar surface area (TPSA) is 44.1 Å². The number of carbonyl (C=O) groups is 1. The molecule has 0 saturated heterocycles. The van der Waals surface area contributed by atoms with Crippen LogP contribution in [0.25, 0.3) is 0 Å². The molecule has 0 bridgehead atoms. The summed E-state index contributed by atoms with van der Waals surface area (Å²) in [7, 11) is 2.06. The van der Waals surface area contributed by atoms with E-state index in [4.69, 9.17) is 5.26 Å². The van der Waals surface area contributed by atoms with Crippen LogP contribution in [0.5, 0.6) is 0 Å². The van der Waals surface area contributed by atoms with E-state index in [2.05, 4.69) is 24.9 Å². The lowest BCUT2D eigenvalue weighted by Gasteiger charge is -2.46. The number of nitriles is 1. The monoisotopic (exact) mass is 230 g/mol. The maximum absolute atomic E-state index is 12.2. The van der Waals surface area contributed by atoms with Gasteiger partial charge in [0, 0.05) is 18.5 Å². The second-order valence-corrected chi connectivity index (χ2v) is 5.86. The van der Waals surface area contributed by atoms with Crippen LogP contribution in [0.4, 0.5) is 0 Å². The first-order chi connectivity index (χ1) is 7.81. The third-order valence-electron chi connectivity index (χ3n) is 3.89. The Hall–Kier alpha value is -1.40. The van der Waals surface area contributed by atoms with E-state index in [1.54, 1.807) is 0 Å². The van der Waals surface area contributed by atoms with Gasteiger partial charge in [-0.2, -0.15) is 5.26 Å². The average Bonchev–Trinajstić information content (AvgIpc) is 2.23. The van der Waals surface area contributed by atoms with Crippen molar-refractivity contribution in [1.82, 2.24) is 4.90 Å². The van der Waals surface area contributed by atoms with Crippen LogP contribution >= 0.6 is 0 Å². The van der Waals surface area contributed by atoms with Crippen molar-refractivity contribution < 1.29 is 4.79 Å². The van der Waals surface area contributed by atoms with E-state index in [1.165, 1.54) is 0 Å². The molecule has 1 atom stereocenters. The fourth-order valence-electron chi connectivity index (χ4n) is 3.21. The lowest BCUT2D eigenvalue weighted by Crippen LogP contribution is -2.48. The van der Waals surface area contributed by atoms with Crippen molar-refractivity contribution in [3.05, 3.63) is 23.3 Å². The van der Waals surface area contributed by atoms with Crippen LogP contribution in [0, 0.1) is 22.2 Å². The first-order valence-corrected chi connectivity index (χ1v) is 5.89. The van der Waals surface area contributed by atoms with Gasteiger partial charge in [-0.05, 0) is 26.5 Å². The van der Waals surface area contributed by atoms with Gasteiger partial charge in [0.15, 0.2) is 5.78 Å². The molecule has 0 aromatic rings. The van der Waals surface area contributed by atoms with E-state index < -0.39 is 5.41 Å². The Kier molecular flexibility index (Phi) is 2.52. The van der Waals surface area contributed by atoms with Crippen molar-refractivity contribution in [3.8, 4) is 6.07 Å². The molecule has 0 aromatic heterocycles. The molecular formula is C14H18N2O. The Bertz CT molecular complexity index is 479. The van der Waals surface area contributed by atoms with Gasteiger partial charge in [-0.15, -0.1) is 0 Å². The molecule has 1 aliphatic carbocycles. The largest absolute Gasteiger partial charge is 0.302 e. The quantitative estimate of drug-likeness (QED) is 0.597. The number of nitrogens with zero attached hydrogens (tertiary/aromatic N) is 2. The van der Waals surface area contributed by atoms with Crippen molar-refractivity contribution >= 4 is 5.78 Å². The predicted octanol–water partition coefficient (Wildman–Crippen LogP) is 1.92.